The summed E-state index contributed by atoms with van der Waals surface area (Å²) in [6.07, 6.45) is -3.13. The van der Waals surface area contributed by atoms with E-state index in [2.05, 4.69) is 20.5 Å². The quantitative estimate of drug-likeness (QED) is 0.0760. The summed E-state index contributed by atoms with van der Waals surface area (Å²) in [5, 5.41) is 14.2. The van der Waals surface area contributed by atoms with Gasteiger partial charge in [0.2, 0.25) is 0 Å². The highest BCUT2D eigenvalue weighted by molar-refractivity contribution is 6.08. The topological polar surface area (TPSA) is 160 Å². The first kappa shape index (κ1) is 44.9. The van der Waals surface area contributed by atoms with E-state index in [1.54, 1.807) is 37.4 Å². The van der Waals surface area contributed by atoms with Crippen LogP contribution in [-0.2, 0) is 31.7 Å². The van der Waals surface area contributed by atoms with Crippen molar-refractivity contribution in [1.29, 1.82) is 0 Å². The van der Waals surface area contributed by atoms with Gasteiger partial charge in [-0.1, -0.05) is 18.2 Å². The van der Waals surface area contributed by atoms with Crippen molar-refractivity contribution in [2.75, 3.05) is 76.5 Å². The number of likely N-dealkylation sites (N-methyl/N-ethyl adjacent to an activating group) is 1. The van der Waals surface area contributed by atoms with Crippen LogP contribution in [0.5, 0.6) is 0 Å². The van der Waals surface area contributed by atoms with Crippen molar-refractivity contribution in [2.24, 2.45) is 0 Å². The number of pyridine rings is 1. The summed E-state index contributed by atoms with van der Waals surface area (Å²) in [5.41, 5.74) is 2.36. The Balaban J connectivity index is 1.41. The number of rotatable bonds is 22. The zero-order valence-electron chi connectivity index (χ0n) is 32.6. The number of carboxylic acids is 1. The summed E-state index contributed by atoms with van der Waals surface area (Å²) >= 11 is 0. The Hall–Kier alpha value is -5.84. The highest BCUT2D eigenvalue weighted by Crippen LogP contribution is 2.33. The number of amides is 3. The lowest BCUT2D eigenvalue weighted by Gasteiger charge is -2.23. The minimum absolute atomic E-state index is 0.0685. The molecule has 1 aromatic heterocycles. The zero-order chi connectivity index (χ0) is 42.1. The molecule has 0 atom stereocenters. The van der Waals surface area contributed by atoms with Crippen LogP contribution in [0.25, 0.3) is 11.3 Å². The van der Waals surface area contributed by atoms with Gasteiger partial charge in [-0.15, -0.1) is 0 Å². The summed E-state index contributed by atoms with van der Waals surface area (Å²) in [7, 11) is 1.62. The minimum atomic E-state index is -4.51. The van der Waals surface area contributed by atoms with Gasteiger partial charge in [0.15, 0.2) is 0 Å². The third-order valence-corrected chi connectivity index (χ3v) is 8.88. The largest absolute Gasteiger partial charge is 0.481 e. The summed E-state index contributed by atoms with van der Waals surface area (Å²) < 4.78 is 55.7. The number of carboxylic acid groups (broad SMARTS) is 1. The molecule has 58 heavy (non-hydrogen) atoms. The maximum absolute atomic E-state index is 13.7. The van der Waals surface area contributed by atoms with E-state index in [1.807, 2.05) is 26.0 Å². The van der Waals surface area contributed by atoms with Crippen molar-refractivity contribution in [3.8, 4) is 11.3 Å². The van der Waals surface area contributed by atoms with Crippen molar-refractivity contribution in [3.63, 3.8) is 0 Å². The van der Waals surface area contributed by atoms with Gasteiger partial charge in [-0.25, -0.2) is 0 Å². The number of aliphatic carboxylic acids is 1. The lowest BCUT2D eigenvalue weighted by atomic mass is 10.0. The monoisotopic (exact) mass is 807 g/mol. The number of nitrogens with zero attached hydrogens (tertiary/aromatic N) is 3. The van der Waals surface area contributed by atoms with Crippen molar-refractivity contribution in [1.82, 2.24) is 15.2 Å². The Bertz CT molecular complexity index is 2010. The molecule has 4 rings (SSSR count). The number of benzene rings is 3. The molecule has 1 heterocycles. The van der Waals surface area contributed by atoms with Gasteiger partial charge in [-0.3, -0.25) is 24.2 Å². The number of ether oxygens (including phenoxy) is 3. The molecule has 0 fully saturated rings. The molecule has 0 unspecified atom stereocenters. The number of alkyl halides is 3. The van der Waals surface area contributed by atoms with Crippen LogP contribution in [0, 0.1) is 0 Å². The molecule has 4 aromatic rings. The van der Waals surface area contributed by atoms with Crippen LogP contribution in [0.4, 0.5) is 24.5 Å². The maximum Gasteiger partial charge on any atom is 0.416 e. The second-order valence-corrected chi connectivity index (χ2v) is 13.0. The summed E-state index contributed by atoms with van der Waals surface area (Å²) in [5.74, 6) is -2.25. The van der Waals surface area contributed by atoms with E-state index >= 15 is 0 Å². The number of hydrogen-bond acceptors (Lipinski definition) is 9. The summed E-state index contributed by atoms with van der Waals surface area (Å²) in [4.78, 5) is 58.7. The number of halogens is 3. The number of nitrogens with one attached hydrogen (secondary N) is 2. The van der Waals surface area contributed by atoms with Gasteiger partial charge >= 0.3 is 12.1 Å². The van der Waals surface area contributed by atoms with Gasteiger partial charge in [-0.2, -0.15) is 13.2 Å². The Labute approximate surface area is 335 Å². The third-order valence-electron chi connectivity index (χ3n) is 8.88. The fourth-order valence-corrected chi connectivity index (χ4v) is 5.71. The second kappa shape index (κ2) is 22.2. The molecule has 0 aliphatic heterocycles. The SMILES string of the molecule is CCN(CC)c1ccc(NC(=O)c2cccc(C(=O)N(C)CCOCCOCCOCCC(=O)O)c2)c(-c2cc(C(=O)NCc3cccc(C(F)(F)F)c3)ccn2)c1. The predicted molar refractivity (Wildman–Crippen MR) is 212 cm³/mol. The molecule has 0 radical (unpaired) electrons. The van der Waals surface area contributed by atoms with Crippen LogP contribution in [0.1, 0.15) is 62.5 Å². The van der Waals surface area contributed by atoms with Crippen molar-refractivity contribution in [3.05, 3.63) is 113 Å². The maximum atomic E-state index is 13.7. The molecule has 0 spiro atoms. The van der Waals surface area contributed by atoms with Gasteiger partial charge < -0.3 is 39.8 Å². The molecule has 310 valence electrons. The highest BCUT2D eigenvalue weighted by Gasteiger charge is 2.30. The Morgan fingerprint density at radius 3 is 2.10 bits per heavy atom. The van der Waals surface area contributed by atoms with Crippen LogP contribution < -0.4 is 15.5 Å². The van der Waals surface area contributed by atoms with E-state index in [0.29, 0.717) is 55.4 Å². The second-order valence-electron chi connectivity index (χ2n) is 13.0. The summed E-state index contributed by atoms with van der Waals surface area (Å²) in [6, 6.07) is 19.6. The number of aromatic nitrogens is 1. The Kier molecular flexibility index (Phi) is 17.2. The average Bonchev–Trinajstić information content (AvgIpc) is 3.22. The molecule has 3 N–H and O–H groups in total. The molecular weight excluding hydrogens is 759 g/mol. The zero-order valence-corrected chi connectivity index (χ0v) is 32.6. The molecule has 0 saturated carbocycles. The van der Waals surface area contributed by atoms with E-state index in [0.717, 1.165) is 17.8 Å². The molecule has 0 aliphatic carbocycles. The van der Waals surface area contributed by atoms with E-state index in [-0.39, 0.29) is 61.9 Å². The predicted octanol–water partition coefficient (Wildman–Crippen LogP) is 6.39. The van der Waals surface area contributed by atoms with Gasteiger partial charge in [0.1, 0.15) is 0 Å². The van der Waals surface area contributed by atoms with Crippen molar-refractivity contribution >= 4 is 35.1 Å². The van der Waals surface area contributed by atoms with Gasteiger partial charge in [0.25, 0.3) is 17.7 Å². The van der Waals surface area contributed by atoms with Crippen LogP contribution in [0.2, 0.25) is 0 Å². The molecule has 3 amide bonds. The molecule has 0 bridgehead atoms. The van der Waals surface area contributed by atoms with E-state index < -0.39 is 29.5 Å². The van der Waals surface area contributed by atoms with Gasteiger partial charge in [-0.05, 0) is 80.1 Å². The van der Waals surface area contributed by atoms with E-state index in [4.69, 9.17) is 19.3 Å². The molecule has 16 heteroatoms. The number of carbonyl (C=O) groups is 4. The number of hydrogen-bond donors (Lipinski definition) is 3. The first-order valence-electron chi connectivity index (χ1n) is 18.7. The first-order valence-corrected chi connectivity index (χ1v) is 18.7. The lowest BCUT2D eigenvalue weighted by Crippen LogP contribution is -2.30. The standard InChI is InChI=1S/C42H48F3N5O8/c1-4-50(5-2)34-12-13-36(35(27-34)37-26-31(14-16-46-37)39(53)47-28-29-8-6-11-33(24-29)42(43,44)45)48-40(54)30-9-7-10-32(25-30)41(55)49(3)17-19-57-21-23-58-22-20-56-18-15-38(51)52/h6-14,16,24-27H,4-5,15,17-23,28H2,1-3H3,(H,47,53)(H,48,54)(H,51,52). The molecular formula is C42H48F3N5O8. The van der Waals surface area contributed by atoms with Gasteiger partial charge in [0, 0.05) is 67.4 Å². The smallest absolute Gasteiger partial charge is 0.416 e. The molecule has 13 nitrogen and oxygen atoms in total. The van der Waals surface area contributed by atoms with Crippen molar-refractivity contribution < 1.29 is 51.7 Å². The fraction of sp³-hybridized carbons (Fsp3) is 0.357. The molecule has 0 saturated heterocycles. The first-order chi connectivity index (χ1) is 27.8. The highest BCUT2D eigenvalue weighted by atomic mass is 19.4. The average molecular weight is 808 g/mol. The molecule has 3 aromatic carbocycles. The third kappa shape index (κ3) is 13.7. The van der Waals surface area contributed by atoms with Crippen molar-refractivity contribution in [2.45, 2.75) is 33.0 Å². The fourth-order valence-electron chi connectivity index (χ4n) is 5.71. The normalized spacial score (nSPS) is 11.2. The van der Waals surface area contributed by atoms with E-state index in [1.165, 1.54) is 35.4 Å². The summed E-state index contributed by atoms with van der Waals surface area (Å²) in [6.45, 7) is 7.13. The van der Waals surface area contributed by atoms with E-state index in [9.17, 15) is 32.3 Å². The minimum Gasteiger partial charge on any atom is -0.481 e. The van der Waals surface area contributed by atoms with Crippen LogP contribution in [0.3, 0.4) is 0 Å². The number of carbonyl (C=O) groups excluding carboxylic acids is 3. The van der Waals surface area contributed by atoms with Gasteiger partial charge in [0.05, 0.1) is 63.0 Å². The van der Waals surface area contributed by atoms with Crippen LogP contribution in [-0.4, -0.2) is 105 Å². The Morgan fingerprint density at radius 1 is 0.759 bits per heavy atom. The number of anilines is 2. The van der Waals surface area contributed by atoms with Crippen LogP contribution in [0.15, 0.2) is 85.1 Å². The molecule has 0 aliphatic rings. The Morgan fingerprint density at radius 2 is 1.41 bits per heavy atom. The lowest BCUT2D eigenvalue weighted by molar-refractivity contribution is -0.139. The van der Waals surface area contributed by atoms with Crippen LogP contribution >= 0.6 is 0 Å².